The molecule has 1 heterocycles. The van der Waals surface area contributed by atoms with Gasteiger partial charge < -0.3 is 14.8 Å². The lowest BCUT2D eigenvalue weighted by Gasteiger charge is -2.35. The lowest BCUT2D eigenvalue weighted by molar-refractivity contribution is -0.184. The van der Waals surface area contributed by atoms with Gasteiger partial charge in [0.25, 0.3) is 5.91 Å². The first-order valence-corrected chi connectivity index (χ1v) is 7.36. The molecule has 1 aliphatic rings. The smallest absolute Gasteiger partial charge is 0.336 e. The molecule has 1 amide bonds. The fraction of sp³-hybridized carbons (Fsp3) is 0.222. The molecule has 0 radical (unpaired) electrons. The van der Waals surface area contributed by atoms with E-state index in [4.69, 9.17) is 9.47 Å². The second kappa shape index (κ2) is 6.62. The summed E-state index contributed by atoms with van der Waals surface area (Å²) in [4.78, 5) is 24.8. The van der Waals surface area contributed by atoms with Crippen LogP contribution in [0, 0.1) is 0 Å². The van der Waals surface area contributed by atoms with Crippen LogP contribution in [-0.2, 0) is 20.7 Å². The molecule has 1 N–H and O–H groups in total. The summed E-state index contributed by atoms with van der Waals surface area (Å²) in [5, 5.41) is 2.81. The highest BCUT2D eigenvalue weighted by Crippen LogP contribution is 2.21. The van der Waals surface area contributed by atoms with Crippen LogP contribution >= 0.6 is 0 Å². The van der Waals surface area contributed by atoms with E-state index >= 15 is 0 Å². The topological polar surface area (TPSA) is 64.6 Å². The van der Waals surface area contributed by atoms with Gasteiger partial charge in [0.2, 0.25) is 0 Å². The van der Waals surface area contributed by atoms with Crippen LogP contribution < -0.4 is 5.32 Å². The van der Waals surface area contributed by atoms with Gasteiger partial charge in [0.05, 0.1) is 6.61 Å². The van der Waals surface area contributed by atoms with E-state index in [-0.39, 0.29) is 19.3 Å². The van der Waals surface area contributed by atoms with E-state index < -0.39 is 11.5 Å². The zero-order valence-corrected chi connectivity index (χ0v) is 12.5. The molecule has 3 rings (SSSR count). The summed E-state index contributed by atoms with van der Waals surface area (Å²) in [6.45, 7) is -0.00409. The van der Waals surface area contributed by atoms with E-state index in [1.165, 1.54) is 0 Å². The van der Waals surface area contributed by atoms with Crippen LogP contribution in [0.2, 0.25) is 0 Å². The molecule has 118 valence electrons. The Morgan fingerprint density at radius 2 is 1.70 bits per heavy atom. The second-order valence-corrected chi connectivity index (χ2v) is 5.46. The average molecular weight is 311 g/mol. The van der Waals surface area contributed by atoms with Crippen molar-refractivity contribution in [2.45, 2.75) is 12.0 Å². The maximum Gasteiger partial charge on any atom is 0.336 e. The molecule has 5 nitrogen and oxygen atoms in total. The monoisotopic (exact) mass is 311 g/mol. The number of carbonyl (C=O) groups is 2. The van der Waals surface area contributed by atoms with Crippen molar-refractivity contribution < 1.29 is 19.1 Å². The van der Waals surface area contributed by atoms with Gasteiger partial charge in [0.1, 0.15) is 0 Å². The van der Waals surface area contributed by atoms with E-state index in [1.807, 2.05) is 36.4 Å². The van der Waals surface area contributed by atoms with Crippen molar-refractivity contribution in [1.82, 2.24) is 5.32 Å². The SMILES string of the molecule is O=C(N[C@@]1(Cc2ccccc2)COCOC1=O)c1ccccc1. The molecule has 2 aromatic rings. The number of esters is 1. The summed E-state index contributed by atoms with van der Waals surface area (Å²) in [5.41, 5.74) is 0.189. The van der Waals surface area contributed by atoms with Gasteiger partial charge in [-0.1, -0.05) is 48.5 Å². The van der Waals surface area contributed by atoms with Crippen LogP contribution in [0.1, 0.15) is 15.9 Å². The molecule has 1 fully saturated rings. The van der Waals surface area contributed by atoms with E-state index in [0.29, 0.717) is 12.0 Å². The molecule has 5 heteroatoms. The standard InChI is InChI=1S/C18H17NO4/c20-16(15-9-5-2-6-10-15)19-18(12-22-13-23-17(18)21)11-14-7-3-1-4-8-14/h1-10H,11-13H2,(H,19,20)/t18-/m0/s1. The van der Waals surface area contributed by atoms with Crippen molar-refractivity contribution in [3.8, 4) is 0 Å². The fourth-order valence-corrected chi connectivity index (χ4v) is 2.59. The molecule has 0 unspecified atom stereocenters. The normalized spacial score (nSPS) is 20.6. The fourth-order valence-electron chi connectivity index (χ4n) is 2.59. The maximum absolute atomic E-state index is 12.5. The van der Waals surface area contributed by atoms with Gasteiger partial charge in [-0.05, 0) is 17.7 Å². The van der Waals surface area contributed by atoms with Crippen LogP contribution in [0.25, 0.3) is 0 Å². The molecular weight excluding hydrogens is 294 g/mol. The van der Waals surface area contributed by atoms with E-state index in [0.717, 1.165) is 5.56 Å². The number of hydrogen-bond acceptors (Lipinski definition) is 4. The van der Waals surface area contributed by atoms with Crippen LogP contribution in [0.5, 0.6) is 0 Å². The molecule has 0 aromatic heterocycles. The highest BCUT2D eigenvalue weighted by molar-refractivity contribution is 5.98. The quantitative estimate of drug-likeness (QED) is 0.876. The van der Waals surface area contributed by atoms with E-state index in [1.54, 1.807) is 24.3 Å². The van der Waals surface area contributed by atoms with Gasteiger partial charge in [-0.3, -0.25) is 4.79 Å². The Hall–Kier alpha value is -2.66. The molecule has 1 aliphatic heterocycles. The first-order valence-electron chi connectivity index (χ1n) is 7.36. The first kappa shape index (κ1) is 15.2. The number of benzene rings is 2. The largest absolute Gasteiger partial charge is 0.437 e. The van der Waals surface area contributed by atoms with Gasteiger partial charge >= 0.3 is 5.97 Å². The third kappa shape index (κ3) is 3.40. The zero-order valence-electron chi connectivity index (χ0n) is 12.5. The Labute approximate surface area is 134 Å². The van der Waals surface area contributed by atoms with Gasteiger partial charge in [0, 0.05) is 12.0 Å². The van der Waals surface area contributed by atoms with Crippen molar-refractivity contribution in [1.29, 1.82) is 0 Å². The molecule has 1 atom stereocenters. The summed E-state index contributed by atoms with van der Waals surface area (Å²) in [6, 6.07) is 18.2. The molecule has 0 bridgehead atoms. The van der Waals surface area contributed by atoms with Crippen LogP contribution in [-0.4, -0.2) is 30.8 Å². The summed E-state index contributed by atoms with van der Waals surface area (Å²) in [7, 11) is 0. The Kier molecular flexibility index (Phi) is 4.39. The molecular formula is C18H17NO4. The van der Waals surface area contributed by atoms with Gasteiger partial charge in [-0.25, -0.2) is 4.79 Å². The number of carbonyl (C=O) groups excluding carboxylic acids is 2. The average Bonchev–Trinajstić information content (AvgIpc) is 2.59. The van der Waals surface area contributed by atoms with Crippen LogP contribution in [0.3, 0.4) is 0 Å². The van der Waals surface area contributed by atoms with Crippen molar-refractivity contribution in [2.24, 2.45) is 0 Å². The van der Waals surface area contributed by atoms with Gasteiger partial charge in [-0.2, -0.15) is 0 Å². The van der Waals surface area contributed by atoms with Gasteiger partial charge in [0.15, 0.2) is 12.3 Å². The number of amides is 1. The molecule has 0 spiro atoms. The Balaban J connectivity index is 1.86. The summed E-state index contributed by atoms with van der Waals surface area (Å²) in [5.74, 6) is -0.805. The number of rotatable bonds is 4. The second-order valence-electron chi connectivity index (χ2n) is 5.46. The zero-order chi connectivity index (χ0) is 16.1. The number of ether oxygens (including phenoxy) is 2. The maximum atomic E-state index is 12.5. The van der Waals surface area contributed by atoms with Crippen LogP contribution in [0.15, 0.2) is 60.7 Å². The highest BCUT2D eigenvalue weighted by atomic mass is 16.7. The number of hydrogen-bond donors (Lipinski definition) is 1. The van der Waals surface area contributed by atoms with Crippen molar-refractivity contribution >= 4 is 11.9 Å². The minimum atomic E-state index is -1.22. The predicted molar refractivity (Wildman–Crippen MR) is 83.7 cm³/mol. The molecule has 23 heavy (non-hydrogen) atoms. The Morgan fingerprint density at radius 1 is 1.04 bits per heavy atom. The third-order valence-corrected chi connectivity index (χ3v) is 3.75. The minimum Gasteiger partial charge on any atom is -0.437 e. The molecule has 1 saturated heterocycles. The molecule has 0 saturated carbocycles. The summed E-state index contributed by atoms with van der Waals surface area (Å²) in [6.07, 6.45) is 0.311. The minimum absolute atomic E-state index is 0.0826. The Bertz CT molecular complexity index is 687. The van der Waals surface area contributed by atoms with E-state index in [2.05, 4.69) is 5.32 Å². The third-order valence-electron chi connectivity index (χ3n) is 3.75. The van der Waals surface area contributed by atoms with E-state index in [9.17, 15) is 9.59 Å². The molecule has 0 aliphatic carbocycles. The number of nitrogens with one attached hydrogen (secondary N) is 1. The molecule has 2 aromatic carbocycles. The summed E-state index contributed by atoms with van der Waals surface area (Å²) < 4.78 is 10.3. The van der Waals surface area contributed by atoms with Gasteiger partial charge in [-0.15, -0.1) is 0 Å². The van der Waals surface area contributed by atoms with Crippen molar-refractivity contribution in [3.05, 3.63) is 71.8 Å². The van der Waals surface area contributed by atoms with Crippen molar-refractivity contribution in [3.63, 3.8) is 0 Å². The first-order chi connectivity index (χ1) is 11.2. The Morgan fingerprint density at radius 3 is 2.35 bits per heavy atom. The highest BCUT2D eigenvalue weighted by Gasteiger charge is 2.44. The predicted octanol–water partition coefficient (Wildman–Crippen LogP) is 1.93. The lowest BCUT2D eigenvalue weighted by atomic mass is 9.90. The van der Waals surface area contributed by atoms with Crippen LogP contribution in [0.4, 0.5) is 0 Å². The summed E-state index contributed by atoms with van der Waals surface area (Å²) >= 11 is 0. The lowest BCUT2D eigenvalue weighted by Crippen LogP contribution is -2.62. The number of cyclic esters (lactones) is 1. The van der Waals surface area contributed by atoms with Crippen molar-refractivity contribution in [2.75, 3.05) is 13.4 Å².